The maximum atomic E-state index is 16.6. The fourth-order valence-corrected chi connectivity index (χ4v) is 8.90. The third-order valence-electron chi connectivity index (χ3n) is 11.6. The van der Waals surface area contributed by atoms with Crippen molar-refractivity contribution in [2.75, 3.05) is 0 Å². The first-order chi connectivity index (χ1) is 22.0. The second-order valence-electron chi connectivity index (χ2n) is 14.7. The van der Waals surface area contributed by atoms with Gasteiger partial charge in [-0.05, 0) is 72.0 Å². The zero-order valence-corrected chi connectivity index (χ0v) is 29.0. The second kappa shape index (κ2) is 11.1. The van der Waals surface area contributed by atoms with Crippen molar-refractivity contribution in [3.63, 3.8) is 0 Å². The molecule has 3 heteroatoms. The molecule has 0 bridgehead atoms. The highest BCUT2D eigenvalue weighted by atomic mass is 19.1. The standard InChI is InChI=1S/C43H49FN2/c1-9-12-13-29-24-30-19-21-46-41-38(30)35(25-29)42(6,7)40-36(44)17-16-32(39(40)41)34(26-43(46,10-2)11-3)31-15-14-27(4)22-33(31)37-23-28(5)18-20-45(37)8/h14-25,34H,9-13,26H2,1-8H3/q+2. The van der Waals surface area contributed by atoms with E-state index < -0.39 is 5.41 Å². The maximum Gasteiger partial charge on any atom is 0.221 e. The van der Waals surface area contributed by atoms with Crippen LogP contribution in [-0.2, 0) is 24.4 Å². The van der Waals surface area contributed by atoms with Crippen LogP contribution in [0.15, 0.2) is 73.1 Å². The largest absolute Gasteiger partial charge is 0.221 e. The molecule has 0 saturated carbocycles. The molecule has 3 heterocycles. The summed E-state index contributed by atoms with van der Waals surface area (Å²) in [5.41, 5.74) is 12.8. The minimum absolute atomic E-state index is 0.0922. The highest BCUT2D eigenvalue weighted by Crippen LogP contribution is 2.55. The molecule has 46 heavy (non-hydrogen) atoms. The monoisotopic (exact) mass is 612 g/mol. The van der Waals surface area contributed by atoms with E-state index in [0.29, 0.717) is 0 Å². The van der Waals surface area contributed by atoms with Crippen LogP contribution in [0.1, 0.15) is 112 Å². The molecule has 0 amide bonds. The van der Waals surface area contributed by atoms with Gasteiger partial charge in [-0.1, -0.05) is 76.9 Å². The summed E-state index contributed by atoms with van der Waals surface area (Å²) in [4.78, 5) is 0. The number of halogens is 1. The Kier molecular flexibility index (Phi) is 7.46. The predicted molar refractivity (Wildman–Crippen MR) is 188 cm³/mol. The molecule has 2 aromatic heterocycles. The first kappa shape index (κ1) is 30.8. The second-order valence-corrected chi connectivity index (χ2v) is 14.7. The number of aromatic nitrogens is 2. The highest BCUT2D eigenvalue weighted by molar-refractivity contribution is 6.01. The normalized spacial score (nSPS) is 17.3. The molecule has 2 nitrogen and oxygen atoms in total. The summed E-state index contributed by atoms with van der Waals surface area (Å²) in [5.74, 6) is 0.00636. The molecule has 1 unspecified atom stereocenters. The molecule has 0 radical (unpaired) electrons. The van der Waals surface area contributed by atoms with E-state index in [1.807, 2.05) is 0 Å². The van der Waals surface area contributed by atoms with Gasteiger partial charge in [-0.2, -0.15) is 4.57 Å². The molecular formula is C43H49FN2+2. The predicted octanol–water partition coefficient (Wildman–Crippen LogP) is 10.1. The number of hydrogen-bond donors (Lipinski definition) is 0. The molecule has 3 aromatic carbocycles. The Morgan fingerprint density at radius 1 is 0.848 bits per heavy atom. The van der Waals surface area contributed by atoms with E-state index in [4.69, 9.17) is 0 Å². The third kappa shape index (κ3) is 4.48. The van der Waals surface area contributed by atoms with Gasteiger partial charge >= 0.3 is 0 Å². The summed E-state index contributed by atoms with van der Waals surface area (Å²) in [6.45, 7) is 15.8. The Morgan fingerprint density at radius 2 is 1.59 bits per heavy atom. The molecule has 1 aliphatic carbocycles. The number of rotatable bonds is 7. The molecule has 7 rings (SSSR count). The van der Waals surface area contributed by atoms with Gasteiger partial charge in [0.05, 0.1) is 16.5 Å². The van der Waals surface area contributed by atoms with Crippen molar-refractivity contribution >= 4 is 10.8 Å². The molecule has 5 aromatic rings. The van der Waals surface area contributed by atoms with Gasteiger partial charge < -0.3 is 0 Å². The number of aryl methyl sites for hydroxylation is 4. The van der Waals surface area contributed by atoms with Gasteiger partial charge in [-0.15, -0.1) is 0 Å². The SMILES string of the molecule is CCCCc1cc2c3c4[n+](ccc3c1)C(CC)(CC)CC(c1ccc(C)cc1-c1cc(C)cc[n+]1C)c1ccc(F)c(c1-4)C2(C)C. The molecular weight excluding hydrogens is 563 g/mol. The zero-order valence-electron chi connectivity index (χ0n) is 29.0. The number of pyridine rings is 2. The first-order valence-electron chi connectivity index (χ1n) is 17.5. The number of benzene rings is 3. The summed E-state index contributed by atoms with van der Waals surface area (Å²) in [6, 6.07) is 22.5. The van der Waals surface area contributed by atoms with Crippen LogP contribution < -0.4 is 9.13 Å². The van der Waals surface area contributed by atoms with Crippen molar-refractivity contribution < 1.29 is 13.5 Å². The van der Waals surface area contributed by atoms with Crippen LogP contribution in [-0.4, -0.2) is 0 Å². The van der Waals surface area contributed by atoms with Gasteiger partial charge in [-0.25, -0.2) is 8.96 Å². The van der Waals surface area contributed by atoms with Crippen molar-refractivity contribution in [2.24, 2.45) is 7.05 Å². The van der Waals surface area contributed by atoms with E-state index in [0.717, 1.165) is 49.7 Å². The van der Waals surface area contributed by atoms with Gasteiger partial charge in [0.25, 0.3) is 0 Å². The van der Waals surface area contributed by atoms with E-state index in [-0.39, 0.29) is 17.3 Å². The fraction of sp³-hybridized carbons (Fsp3) is 0.395. The van der Waals surface area contributed by atoms with Crippen LogP contribution in [0.4, 0.5) is 4.39 Å². The summed E-state index contributed by atoms with van der Waals surface area (Å²) in [6.07, 6.45) is 10.8. The topological polar surface area (TPSA) is 7.76 Å². The zero-order chi connectivity index (χ0) is 32.5. The van der Waals surface area contributed by atoms with Crippen molar-refractivity contribution in [3.05, 3.63) is 118 Å². The van der Waals surface area contributed by atoms with E-state index in [9.17, 15) is 0 Å². The lowest BCUT2D eigenvalue weighted by Gasteiger charge is -2.36. The Morgan fingerprint density at radius 3 is 2.33 bits per heavy atom. The van der Waals surface area contributed by atoms with Crippen LogP contribution in [0.2, 0.25) is 0 Å². The Balaban J connectivity index is 1.61. The van der Waals surface area contributed by atoms with Crippen LogP contribution in [0.5, 0.6) is 0 Å². The Hall–Kier alpha value is -3.85. The van der Waals surface area contributed by atoms with Gasteiger partial charge in [0.15, 0.2) is 17.9 Å². The minimum Gasteiger partial charge on any atom is -0.207 e. The lowest BCUT2D eigenvalue weighted by atomic mass is 9.66. The molecule has 1 atom stereocenters. The average Bonchev–Trinajstić information content (AvgIpc) is 3.16. The third-order valence-corrected chi connectivity index (χ3v) is 11.6. The molecule has 1 aliphatic heterocycles. The van der Waals surface area contributed by atoms with Crippen LogP contribution in [0.25, 0.3) is 33.3 Å². The summed E-state index contributed by atoms with van der Waals surface area (Å²) in [7, 11) is 2.15. The Labute approximate surface area is 275 Å². The summed E-state index contributed by atoms with van der Waals surface area (Å²) in [5, 5.41) is 2.60. The smallest absolute Gasteiger partial charge is 0.207 e. The fourth-order valence-electron chi connectivity index (χ4n) is 8.90. The van der Waals surface area contributed by atoms with E-state index in [1.165, 1.54) is 61.1 Å². The summed E-state index contributed by atoms with van der Waals surface area (Å²) < 4.78 is 21.4. The maximum absolute atomic E-state index is 16.6. The molecule has 236 valence electrons. The van der Waals surface area contributed by atoms with Crippen molar-refractivity contribution in [1.82, 2.24) is 0 Å². The van der Waals surface area contributed by atoms with E-state index in [1.54, 1.807) is 6.07 Å². The molecule has 2 aliphatic rings. The lowest BCUT2D eigenvalue weighted by molar-refractivity contribution is -0.756. The molecule has 0 spiro atoms. The van der Waals surface area contributed by atoms with Crippen LogP contribution in [0, 0.1) is 19.7 Å². The summed E-state index contributed by atoms with van der Waals surface area (Å²) >= 11 is 0. The van der Waals surface area contributed by atoms with Gasteiger partial charge in [-0.3, -0.25) is 0 Å². The van der Waals surface area contributed by atoms with Gasteiger partial charge in [0, 0.05) is 54.4 Å². The van der Waals surface area contributed by atoms with Gasteiger partial charge in [0.2, 0.25) is 11.4 Å². The molecule has 0 fully saturated rings. The van der Waals surface area contributed by atoms with Gasteiger partial charge in [0.1, 0.15) is 12.9 Å². The molecule has 0 N–H and O–H groups in total. The van der Waals surface area contributed by atoms with Crippen LogP contribution >= 0.6 is 0 Å². The van der Waals surface area contributed by atoms with E-state index in [2.05, 4.69) is 132 Å². The Bertz CT molecular complexity index is 2010. The number of nitrogens with zero attached hydrogens (tertiary/aromatic N) is 2. The minimum atomic E-state index is -0.475. The van der Waals surface area contributed by atoms with Crippen molar-refractivity contribution in [3.8, 4) is 22.5 Å². The molecule has 0 saturated heterocycles. The average molecular weight is 613 g/mol. The van der Waals surface area contributed by atoms with E-state index >= 15 is 4.39 Å². The van der Waals surface area contributed by atoms with Crippen LogP contribution in [0.3, 0.4) is 0 Å². The van der Waals surface area contributed by atoms with Crippen molar-refractivity contribution in [2.45, 2.75) is 104 Å². The van der Waals surface area contributed by atoms with Crippen molar-refractivity contribution in [1.29, 1.82) is 0 Å². The number of hydrogen-bond acceptors (Lipinski definition) is 0. The number of unbranched alkanes of at least 4 members (excludes halogenated alkanes) is 1. The quantitative estimate of drug-likeness (QED) is 0.162. The first-order valence-corrected chi connectivity index (χ1v) is 17.5. The lowest BCUT2D eigenvalue weighted by Crippen LogP contribution is -2.57. The highest BCUT2D eigenvalue weighted by Gasteiger charge is 2.51.